The maximum Gasteiger partial charge on any atom is 0.303 e. The predicted octanol–water partition coefficient (Wildman–Crippen LogP) is -0.0342. The molecule has 19 heavy (non-hydrogen) atoms. The molecule has 1 saturated heterocycles. The summed E-state index contributed by atoms with van der Waals surface area (Å²) in [5.74, 6) is -0.415. The second-order valence-electron chi connectivity index (χ2n) is 4.21. The zero-order chi connectivity index (χ0) is 14.4. The second-order valence-corrected chi connectivity index (χ2v) is 4.21. The molecule has 1 aliphatic rings. The highest BCUT2D eigenvalue weighted by atomic mass is 16.7. The molecule has 1 rings (SSSR count). The number of ether oxygens (including phenoxy) is 6. The van der Waals surface area contributed by atoms with Gasteiger partial charge in [-0.1, -0.05) is 0 Å². The number of esters is 1. The average Bonchev–Trinajstić information content (AvgIpc) is 2.38. The van der Waals surface area contributed by atoms with Crippen molar-refractivity contribution >= 4 is 5.97 Å². The highest BCUT2D eigenvalue weighted by molar-refractivity contribution is 5.66. The van der Waals surface area contributed by atoms with Gasteiger partial charge in [-0.05, 0) is 0 Å². The van der Waals surface area contributed by atoms with Gasteiger partial charge in [0.2, 0.25) is 0 Å². The lowest BCUT2D eigenvalue weighted by molar-refractivity contribution is -0.305. The molecule has 7 nitrogen and oxygen atoms in total. The lowest BCUT2D eigenvalue weighted by Gasteiger charge is -2.43. The van der Waals surface area contributed by atoms with Gasteiger partial charge in [-0.25, -0.2) is 0 Å². The fraction of sp³-hybridized carbons (Fsp3) is 0.917. The number of carbonyl (C=O) groups excluding carboxylic acids is 1. The van der Waals surface area contributed by atoms with Crippen molar-refractivity contribution in [2.24, 2.45) is 0 Å². The maximum absolute atomic E-state index is 11.2. The smallest absolute Gasteiger partial charge is 0.303 e. The first-order valence-electron chi connectivity index (χ1n) is 5.99. The van der Waals surface area contributed by atoms with Crippen LogP contribution in [0.15, 0.2) is 0 Å². The summed E-state index contributed by atoms with van der Waals surface area (Å²) in [5.41, 5.74) is 0. The third-order valence-electron chi connectivity index (χ3n) is 3.00. The van der Waals surface area contributed by atoms with Crippen LogP contribution >= 0.6 is 0 Å². The molecule has 0 aliphatic carbocycles. The van der Waals surface area contributed by atoms with Crippen molar-refractivity contribution in [1.29, 1.82) is 0 Å². The van der Waals surface area contributed by atoms with Gasteiger partial charge in [0.1, 0.15) is 18.3 Å². The van der Waals surface area contributed by atoms with Crippen LogP contribution in [-0.4, -0.2) is 71.7 Å². The quantitative estimate of drug-likeness (QED) is 0.631. The van der Waals surface area contributed by atoms with Gasteiger partial charge in [-0.2, -0.15) is 0 Å². The van der Waals surface area contributed by atoms with Crippen molar-refractivity contribution in [3.63, 3.8) is 0 Å². The van der Waals surface area contributed by atoms with E-state index in [0.717, 1.165) is 0 Å². The number of carbonyl (C=O) groups is 1. The van der Waals surface area contributed by atoms with Crippen LogP contribution in [-0.2, 0) is 33.2 Å². The van der Waals surface area contributed by atoms with E-state index in [4.69, 9.17) is 28.4 Å². The van der Waals surface area contributed by atoms with Crippen molar-refractivity contribution in [1.82, 2.24) is 0 Å². The molecule has 1 heterocycles. The summed E-state index contributed by atoms with van der Waals surface area (Å²) in [4.78, 5) is 11.2. The summed E-state index contributed by atoms with van der Waals surface area (Å²) < 4.78 is 32.0. The molecule has 0 N–H and O–H groups in total. The molecule has 112 valence electrons. The van der Waals surface area contributed by atoms with Crippen molar-refractivity contribution in [2.45, 2.75) is 37.6 Å². The predicted molar refractivity (Wildman–Crippen MR) is 64.7 cm³/mol. The van der Waals surface area contributed by atoms with E-state index in [0.29, 0.717) is 6.61 Å². The Kier molecular flexibility index (Phi) is 6.67. The van der Waals surface area contributed by atoms with Crippen LogP contribution in [0.25, 0.3) is 0 Å². The first kappa shape index (κ1) is 16.3. The molecule has 0 radical (unpaired) electrons. The number of methoxy groups -OCH3 is 4. The minimum Gasteiger partial charge on any atom is -0.457 e. The number of hydrogen-bond donors (Lipinski definition) is 0. The Bertz CT molecular complexity index is 283. The molecule has 5 atom stereocenters. The Morgan fingerprint density at radius 3 is 2.05 bits per heavy atom. The van der Waals surface area contributed by atoms with Crippen LogP contribution < -0.4 is 0 Å². The van der Waals surface area contributed by atoms with Gasteiger partial charge < -0.3 is 28.4 Å². The molecule has 0 saturated carbocycles. The second kappa shape index (κ2) is 7.76. The van der Waals surface area contributed by atoms with Gasteiger partial charge in [0.25, 0.3) is 0 Å². The van der Waals surface area contributed by atoms with Crippen LogP contribution in [0.5, 0.6) is 0 Å². The molecule has 1 fully saturated rings. The summed E-state index contributed by atoms with van der Waals surface area (Å²) in [7, 11) is 6.08. The van der Waals surface area contributed by atoms with Crippen LogP contribution in [0.3, 0.4) is 0 Å². The van der Waals surface area contributed by atoms with Crippen LogP contribution in [0.1, 0.15) is 6.92 Å². The van der Waals surface area contributed by atoms with E-state index in [-0.39, 0.29) is 0 Å². The molecule has 0 aromatic heterocycles. The van der Waals surface area contributed by atoms with Gasteiger partial charge in [0.05, 0.1) is 6.61 Å². The fourth-order valence-electron chi connectivity index (χ4n) is 2.23. The van der Waals surface area contributed by atoms with E-state index >= 15 is 0 Å². The standard InChI is InChI=1S/C12H22O7/c1-7(13)18-10-9(15-3)8(6-14-2)19-12(17-5)11(10)16-4/h8-12H,6H2,1-5H3/t8-,9-,10+,11-,12+/m1/s1. The van der Waals surface area contributed by atoms with Gasteiger partial charge in [-0.3, -0.25) is 4.79 Å². The largest absolute Gasteiger partial charge is 0.457 e. The Labute approximate surface area is 113 Å². The molecule has 0 bridgehead atoms. The van der Waals surface area contributed by atoms with Crippen molar-refractivity contribution < 1.29 is 33.2 Å². The van der Waals surface area contributed by atoms with Gasteiger partial charge in [-0.15, -0.1) is 0 Å². The van der Waals surface area contributed by atoms with Crippen LogP contribution in [0.4, 0.5) is 0 Å². The summed E-state index contributed by atoms with van der Waals surface area (Å²) in [6.07, 6.45) is -2.73. The summed E-state index contributed by atoms with van der Waals surface area (Å²) in [6, 6.07) is 0. The third-order valence-corrected chi connectivity index (χ3v) is 3.00. The average molecular weight is 278 g/mol. The van der Waals surface area contributed by atoms with E-state index in [1.165, 1.54) is 28.3 Å². The molecular formula is C12H22O7. The Morgan fingerprint density at radius 1 is 1.00 bits per heavy atom. The van der Waals surface area contributed by atoms with Gasteiger partial charge in [0.15, 0.2) is 12.4 Å². The summed E-state index contributed by atoms with van der Waals surface area (Å²) in [6.45, 7) is 1.63. The highest BCUT2D eigenvalue weighted by Crippen LogP contribution is 2.28. The fourth-order valence-corrected chi connectivity index (χ4v) is 2.23. The Balaban J connectivity index is 2.95. The first-order valence-corrected chi connectivity index (χ1v) is 5.99. The SMILES string of the molecule is COC[C@H]1O[C@H](OC)[C@H](OC)[C@@H](OC(C)=O)[C@@H]1OC. The molecule has 7 heteroatoms. The van der Waals surface area contributed by atoms with E-state index < -0.39 is 36.7 Å². The van der Waals surface area contributed by atoms with Crippen molar-refractivity contribution in [3.05, 3.63) is 0 Å². The monoisotopic (exact) mass is 278 g/mol. The lowest BCUT2D eigenvalue weighted by atomic mass is 9.98. The van der Waals surface area contributed by atoms with Crippen molar-refractivity contribution in [3.8, 4) is 0 Å². The van der Waals surface area contributed by atoms with Crippen LogP contribution in [0, 0.1) is 0 Å². The molecule has 0 aromatic rings. The zero-order valence-electron chi connectivity index (χ0n) is 12.0. The van der Waals surface area contributed by atoms with Gasteiger partial charge >= 0.3 is 5.97 Å². The maximum atomic E-state index is 11.2. The molecule has 0 aromatic carbocycles. The minimum absolute atomic E-state index is 0.298. The topological polar surface area (TPSA) is 72.5 Å². The van der Waals surface area contributed by atoms with Crippen molar-refractivity contribution in [2.75, 3.05) is 35.0 Å². The van der Waals surface area contributed by atoms with E-state index in [9.17, 15) is 4.79 Å². The molecular weight excluding hydrogens is 256 g/mol. The number of rotatable bonds is 6. The normalized spacial score (nSPS) is 35.1. The Morgan fingerprint density at radius 2 is 1.63 bits per heavy atom. The molecule has 0 spiro atoms. The van der Waals surface area contributed by atoms with E-state index in [2.05, 4.69) is 0 Å². The minimum atomic E-state index is -0.652. The number of hydrogen-bond acceptors (Lipinski definition) is 7. The zero-order valence-corrected chi connectivity index (χ0v) is 12.0. The highest BCUT2D eigenvalue weighted by Gasteiger charge is 2.48. The molecule has 1 aliphatic heterocycles. The summed E-state index contributed by atoms with van der Waals surface area (Å²) in [5, 5.41) is 0. The van der Waals surface area contributed by atoms with E-state index in [1.807, 2.05) is 0 Å². The van der Waals surface area contributed by atoms with Gasteiger partial charge in [0, 0.05) is 35.4 Å². The lowest BCUT2D eigenvalue weighted by Crippen LogP contribution is -2.61. The molecule has 0 amide bonds. The molecule has 0 unspecified atom stereocenters. The van der Waals surface area contributed by atoms with Crippen LogP contribution in [0.2, 0.25) is 0 Å². The van der Waals surface area contributed by atoms with E-state index in [1.54, 1.807) is 7.11 Å². The first-order chi connectivity index (χ1) is 9.08. The summed E-state index contributed by atoms with van der Waals surface area (Å²) >= 11 is 0. The third kappa shape index (κ3) is 3.87. The Hall–Kier alpha value is -0.730.